The number of fused-ring (bicyclic) bond motifs is 13. The van der Waals surface area contributed by atoms with Crippen LogP contribution in [0.4, 0.5) is 0 Å². The molecule has 204 valence electrons. The van der Waals surface area contributed by atoms with Crippen molar-refractivity contribution in [2.24, 2.45) is 0 Å². The fourth-order valence-electron chi connectivity index (χ4n) is 7.24. The summed E-state index contributed by atoms with van der Waals surface area (Å²) in [4.78, 5) is 5.31. The standard InChI is InChI=1S/C41H24N2O/c1-2-14-29-27(12-1)28-13-3-4-16-31(28)40-32(29)20-22-35(42-40)25-10-9-11-26(24-25)43-36-18-7-5-17-34(36)39-37(43)23-21-33-30-15-6-8-19-38(30)44-41(33)39/h1-24H. The number of para-hydroxylation sites is 2. The summed E-state index contributed by atoms with van der Waals surface area (Å²) in [6.45, 7) is 0. The van der Waals surface area contributed by atoms with Gasteiger partial charge in [0.2, 0.25) is 0 Å². The lowest BCUT2D eigenvalue weighted by molar-refractivity contribution is 0.673. The van der Waals surface area contributed by atoms with Gasteiger partial charge in [-0.25, -0.2) is 4.98 Å². The number of benzene rings is 7. The van der Waals surface area contributed by atoms with Crippen molar-refractivity contribution in [2.45, 2.75) is 0 Å². The molecule has 0 saturated carbocycles. The van der Waals surface area contributed by atoms with Crippen molar-refractivity contribution in [3.8, 4) is 16.9 Å². The van der Waals surface area contributed by atoms with Crippen molar-refractivity contribution < 1.29 is 4.42 Å². The monoisotopic (exact) mass is 560 g/mol. The Labute approximate surface area is 252 Å². The van der Waals surface area contributed by atoms with Crippen LogP contribution in [-0.2, 0) is 0 Å². The Morgan fingerprint density at radius 3 is 1.91 bits per heavy atom. The Morgan fingerprint density at radius 2 is 1.09 bits per heavy atom. The normalized spacial score (nSPS) is 12.1. The molecule has 0 aliphatic heterocycles. The lowest BCUT2D eigenvalue weighted by atomic mass is 9.96. The lowest BCUT2D eigenvalue weighted by Gasteiger charge is -2.12. The molecule has 0 fully saturated rings. The van der Waals surface area contributed by atoms with Crippen LogP contribution in [0.5, 0.6) is 0 Å². The number of rotatable bonds is 2. The van der Waals surface area contributed by atoms with Gasteiger partial charge in [0.25, 0.3) is 0 Å². The Morgan fingerprint density at radius 1 is 0.455 bits per heavy atom. The van der Waals surface area contributed by atoms with Gasteiger partial charge in [-0.05, 0) is 64.7 Å². The van der Waals surface area contributed by atoms with Gasteiger partial charge in [0.05, 0.1) is 27.6 Å². The molecule has 0 unspecified atom stereocenters. The van der Waals surface area contributed by atoms with E-state index in [1.807, 2.05) is 12.1 Å². The summed E-state index contributed by atoms with van der Waals surface area (Å²) in [5.41, 5.74) is 8.29. The first-order chi connectivity index (χ1) is 21.8. The molecule has 10 aromatic rings. The van der Waals surface area contributed by atoms with Gasteiger partial charge in [0.15, 0.2) is 0 Å². The van der Waals surface area contributed by atoms with E-state index in [2.05, 4.69) is 138 Å². The fraction of sp³-hybridized carbons (Fsp3) is 0. The Hall–Kier alpha value is -5.93. The van der Waals surface area contributed by atoms with Crippen LogP contribution in [0.2, 0.25) is 0 Å². The third kappa shape index (κ3) is 3.18. The van der Waals surface area contributed by atoms with Crippen LogP contribution in [0.3, 0.4) is 0 Å². The molecular formula is C41H24N2O. The van der Waals surface area contributed by atoms with Crippen LogP contribution in [-0.4, -0.2) is 9.55 Å². The molecule has 0 saturated heterocycles. The highest BCUT2D eigenvalue weighted by molar-refractivity contribution is 6.25. The van der Waals surface area contributed by atoms with E-state index in [4.69, 9.17) is 9.40 Å². The van der Waals surface area contributed by atoms with Gasteiger partial charge in [0, 0.05) is 38.2 Å². The third-order valence-electron chi connectivity index (χ3n) is 9.17. The first kappa shape index (κ1) is 23.6. The second-order valence-electron chi connectivity index (χ2n) is 11.5. The highest BCUT2D eigenvalue weighted by Crippen LogP contribution is 2.41. The molecular weight excluding hydrogens is 536 g/mol. The molecule has 10 rings (SSSR count). The lowest BCUT2D eigenvalue weighted by Crippen LogP contribution is -1.95. The molecule has 3 aromatic heterocycles. The third-order valence-corrected chi connectivity index (χ3v) is 9.17. The van der Waals surface area contributed by atoms with Crippen LogP contribution in [0.15, 0.2) is 150 Å². The molecule has 0 aliphatic rings. The van der Waals surface area contributed by atoms with Crippen LogP contribution < -0.4 is 0 Å². The number of hydrogen-bond acceptors (Lipinski definition) is 2. The highest BCUT2D eigenvalue weighted by atomic mass is 16.3. The van der Waals surface area contributed by atoms with Gasteiger partial charge in [-0.1, -0.05) is 97.1 Å². The van der Waals surface area contributed by atoms with E-state index < -0.39 is 0 Å². The summed E-state index contributed by atoms with van der Waals surface area (Å²) < 4.78 is 8.85. The van der Waals surface area contributed by atoms with Crippen molar-refractivity contribution >= 4 is 76.2 Å². The minimum absolute atomic E-state index is 0.913. The van der Waals surface area contributed by atoms with E-state index in [0.29, 0.717) is 0 Å². The fourth-order valence-corrected chi connectivity index (χ4v) is 7.24. The molecule has 44 heavy (non-hydrogen) atoms. The quantitative estimate of drug-likeness (QED) is 0.197. The average Bonchev–Trinajstić information content (AvgIpc) is 3.64. The predicted octanol–water partition coefficient (Wildman–Crippen LogP) is 11.2. The summed E-state index contributed by atoms with van der Waals surface area (Å²) in [5.74, 6) is 0. The van der Waals surface area contributed by atoms with E-state index in [1.54, 1.807) is 0 Å². The molecule has 0 atom stereocenters. The number of nitrogens with zero attached hydrogens (tertiary/aromatic N) is 2. The van der Waals surface area contributed by atoms with Crippen molar-refractivity contribution in [1.29, 1.82) is 0 Å². The molecule has 0 bridgehead atoms. The highest BCUT2D eigenvalue weighted by Gasteiger charge is 2.19. The molecule has 0 aliphatic carbocycles. The number of pyridine rings is 1. The second-order valence-corrected chi connectivity index (χ2v) is 11.5. The maximum absolute atomic E-state index is 6.50. The van der Waals surface area contributed by atoms with Crippen molar-refractivity contribution in [3.63, 3.8) is 0 Å². The smallest absolute Gasteiger partial charge is 0.145 e. The Balaban J connectivity index is 1.22. The maximum Gasteiger partial charge on any atom is 0.145 e. The largest absolute Gasteiger partial charge is 0.455 e. The molecule has 0 radical (unpaired) electrons. The zero-order valence-corrected chi connectivity index (χ0v) is 23.7. The number of aromatic nitrogens is 2. The van der Waals surface area contributed by atoms with Crippen LogP contribution in [0, 0.1) is 0 Å². The maximum atomic E-state index is 6.50. The molecule has 3 nitrogen and oxygen atoms in total. The van der Waals surface area contributed by atoms with Crippen molar-refractivity contribution in [3.05, 3.63) is 146 Å². The van der Waals surface area contributed by atoms with Crippen molar-refractivity contribution in [1.82, 2.24) is 9.55 Å². The van der Waals surface area contributed by atoms with Gasteiger partial charge < -0.3 is 8.98 Å². The van der Waals surface area contributed by atoms with Crippen LogP contribution in [0.25, 0.3) is 93.1 Å². The summed E-state index contributed by atoms with van der Waals surface area (Å²) in [6.07, 6.45) is 0. The molecule has 7 aromatic carbocycles. The van der Waals surface area contributed by atoms with E-state index in [9.17, 15) is 0 Å². The van der Waals surface area contributed by atoms with E-state index in [1.165, 1.54) is 32.3 Å². The number of furan rings is 1. The predicted molar refractivity (Wildman–Crippen MR) is 184 cm³/mol. The second kappa shape index (κ2) is 8.79. The SMILES string of the molecule is c1cc(-c2ccc3c4ccccc4c4ccccc4c3n2)cc(-n2c3ccccc3c3c4oc5ccccc5c4ccc32)c1. The number of hydrogen-bond donors (Lipinski definition) is 0. The zero-order chi connectivity index (χ0) is 28.8. The van der Waals surface area contributed by atoms with E-state index >= 15 is 0 Å². The molecule has 0 spiro atoms. The van der Waals surface area contributed by atoms with Gasteiger partial charge in [-0.2, -0.15) is 0 Å². The Kier molecular flexibility index (Phi) is 4.72. The first-order valence-electron chi connectivity index (χ1n) is 15.0. The van der Waals surface area contributed by atoms with Gasteiger partial charge in [-0.3, -0.25) is 0 Å². The molecule has 0 amide bonds. The van der Waals surface area contributed by atoms with Crippen LogP contribution in [0.1, 0.15) is 0 Å². The topological polar surface area (TPSA) is 31.0 Å². The molecule has 3 heterocycles. The van der Waals surface area contributed by atoms with Gasteiger partial charge in [-0.15, -0.1) is 0 Å². The molecule has 0 N–H and O–H groups in total. The average molecular weight is 561 g/mol. The Bertz CT molecular complexity index is 2750. The van der Waals surface area contributed by atoms with Crippen molar-refractivity contribution in [2.75, 3.05) is 0 Å². The first-order valence-corrected chi connectivity index (χ1v) is 15.0. The molecule has 3 heteroatoms. The zero-order valence-electron chi connectivity index (χ0n) is 23.7. The van der Waals surface area contributed by atoms with Gasteiger partial charge >= 0.3 is 0 Å². The van der Waals surface area contributed by atoms with Crippen LogP contribution >= 0.6 is 0 Å². The summed E-state index contributed by atoms with van der Waals surface area (Å²) in [5, 5.41) is 10.7. The minimum Gasteiger partial charge on any atom is -0.455 e. The van der Waals surface area contributed by atoms with Gasteiger partial charge in [0.1, 0.15) is 11.2 Å². The minimum atomic E-state index is 0.913. The summed E-state index contributed by atoms with van der Waals surface area (Å²) in [6, 6.07) is 51.7. The van der Waals surface area contributed by atoms with E-state index in [0.717, 1.165) is 60.8 Å². The summed E-state index contributed by atoms with van der Waals surface area (Å²) in [7, 11) is 0. The summed E-state index contributed by atoms with van der Waals surface area (Å²) >= 11 is 0. The van der Waals surface area contributed by atoms with E-state index in [-0.39, 0.29) is 0 Å².